The Morgan fingerprint density at radius 3 is 2.69 bits per heavy atom. The molecule has 26 heavy (non-hydrogen) atoms. The minimum atomic E-state index is -0.471. The summed E-state index contributed by atoms with van der Waals surface area (Å²) >= 11 is 0. The Labute approximate surface area is 149 Å². The zero-order chi connectivity index (χ0) is 18.3. The fourth-order valence-corrected chi connectivity index (χ4v) is 3.70. The summed E-state index contributed by atoms with van der Waals surface area (Å²) < 4.78 is 1.49. The van der Waals surface area contributed by atoms with Gasteiger partial charge in [0, 0.05) is 24.7 Å². The number of H-pyrrole nitrogens is 1. The number of hydrogen-bond acceptors (Lipinski definition) is 4. The van der Waals surface area contributed by atoms with Gasteiger partial charge in [0.05, 0.1) is 5.39 Å². The van der Waals surface area contributed by atoms with E-state index in [1.807, 2.05) is 37.3 Å². The number of carbonyl (C=O) groups is 1. The van der Waals surface area contributed by atoms with Crippen molar-refractivity contribution in [1.29, 1.82) is 0 Å². The van der Waals surface area contributed by atoms with E-state index < -0.39 is 11.2 Å². The number of aryl methyl sites for hydroxylation is 2. The molecule has 0 spiro atoms. The maximum Gasteiger partial charge on any atom is 0.330 e. The van der Waals surface area contributed by atoms with Gasteiger partial charge in [-0.25, -0.2) is 9.78 Å². The first-order valence-corrected chi connectivity index (χ1v) is 8.76. The number of benzene rings is 1. The van der Waals surface area contributed by atoms with Crippen LogP contribution in [-0.2, 0) is 19.4 Å². The highest BCUT2D eigenvalue weighted by Crippen LogP contribution is 2.28. The third-order valence-corrected chi connectivity index (χ3v) is 4.97. The first-order valence-electron chi connectivity index (χ1n) is 8.76. The third-order valence-electron chi connectivity index (χ3n) is 4.97. The number of fused-ring (bicyclic) bond motifs is 3. The van der Waals surface area contributed by atoms with Crippen LogP contribution < -0.4 is 11.2 Å². The zero-order valence-electron chi connectivity index (χ0n) is 14.5. The minimum absolute atomic E-state index is 0.00888. The molecule has 1 aliphatic rings. The van der Waals surface area contributed by atoms with E-state index in [1.54, 1.807) is 0 Å². The quantitative estimate of drug-likeness (QED) is 0.785. The molecule has 6 heteroatoms. The molecule has 4 rings (SSSR count). The van der Waals surface area contributed by atoms with E-state index in [0.29, 0.717) is 48.0 Å². The van der Waals surface area contributed by atoms with Crippen LogP contribution in [0.3, 0.4) is 0 Å². The molecule has 0 saturated heterocycles. The second-order valence-corrected chi connectivity index (χ2v) is 6.93. The van der Waals surface area contributed by atoms with Crippen LogP contribution in [0.5, 0.6) is 0 Å². The second-order valence-electron chi connectivity index (χ2n) is 6.93. The Balaban J connectivity index is 1.87. The Bertz CT molecular complexity index is 1110. The molecule has 0 aliphatic heterocycles. The highest BCUT2D eigenvalue weighted by Gasteiger charge is 2.26. The van der Waals surface area contributed by atoms with Crippen molar-refractivity contribution in [2.75, 3.05) is 0 Å². The van der Waals surface area contributed by atoms with Crippen LogP contribution in [0, 0.1) is 5.92 Å². The zero-order valence-corrected chi connectivity index (χ0v) is 14.5. The van der Waals surface area contributed by atoms with Crippen molar-refractivity contribution in [1.82, 2.24) is 14.5 Å². The number of nitrogens with one attached hydrogen (secondary N) is 1. The highest BCUT2D eigenvalue weighted by molar-refractivity contribution is 6.02. The van der Waals surface area contributed by atoms with Gasteiger partial charge in [0.2, 0.25) is 0 Å². The predicted molar refractivity (Wildman–Crippen MR) is 98.6 cm³/mol. The molecule has 6 nitrogen and oxygen atoms in total. The molecule has 0 bridgehead atoms. The molecule has 0 saturated carbocycles. The number of aromatic amines is 1. The predicted octanol–water partition coefficient (Wildman–Crippen LogP) is 2.09. The lowest BCUT2D eigenvalue weighted by Gasteiger charge is -2.21. The smallest absolute Gasteiger partial charge is 0.294 e. The minimum Gasteiger partial charge on any atom is -0.294 e. The van der Waals surface area contributed by atoms with Crippen molar-refractivity contribution >= 4 is 16.8 Å². The molecule has 1 aliphatic carbocycles. The number of hydrogen-bond donors (Lipinski definition) is 1. The van der Waals surface area contributed by atoms with Gasteiger partial charge in [-0.15, -0.1) is 0 Å². The molecule has 0 amide bonds. The van der Waals surface area contributed by atoms with Crippen LogP contribution in [-0.4, -0.2) is 20.3 Å². The number of Topliss-reactive ketones (excluding diaryl/α,β-unsaturated/α-hetero) is 1. The molecule has 1 atom stereocenters. The van der Waals surface area contributed by atoms with E-state index in [2.05, 4.69) is 9.97 Å². The van der Waals surface area contributed by atoms with Gasteiger partial charge in [-0.1, -0.05) is 37.3 Å². The molecule has 1 aromatic carbocycles. The number of carbonyl (C=O) groups excluding carboxylic acids is 1. The number of ketones is 1. The summed E-state index contributed by atoms with van der Waals surface area (Å²) in [4.78, 5) is 43.9. The summed E-state index contributed by atoms with van der Waals surface area (Å²) in [6.45, 7) is 2.40. The van der Waals surface area contributed by atoms with Crippen molar-refractivity contribution < 1.29 is 4.79 Å². The molecule has 2 heterocycles. The summed E-state index contributed by atoms with van der Waals surface area (Å²) in [7, 11) is 0. The van der Waals surface area contributed by atoms with E-state index in [4.69, 9.17) is 0 Å². The molecule has 0 unspecified atom stereocenters. The Morgan fingerprint density at radius 1 is 1.15 bits per heavy atom. The summed E-state index contributed by atoms with van der Waals surface area (Å²) in [5.41, 5.74) is 1.74. The Morgan fingerprint density at radius 2 is 1.92 bits per heavy atom. The fraction of sp³-hybridized carbons (Fsp3) is 0.300. The summed E-state index contributed by atoms with van der Waals surface area (Å²) in [6, 6.07) is 9.83. The van der Waals surface area contributed by atoms with Crippen molar-refractivity contribution in [3.8, 4) is 0 Å². The molecule has 0 fully saturated rings. The standard InChI is InChI=1S/C20H19N3O3/c1-12-9-14-15(16(24)10-12)11-21-18-17(14)19(25)22-20(26)23(18)8-7-13-5-3-2-4-6-13/h2-6,11-12H,7-10H2,1H3,(H,22,25,26)/t12-/m1/s1. The van der Waals surface area contributed by atoms with Crippen molar-refractivity contribution in [2.24, 2.45) is 5.92 Å². The molecule has 132 valence electrons. The average molecular weight is 349 g/mol. The van der Waals surface area contributed by atoms with E-state index in [9.17, 15) is 14.4 Å². The molecular weight excluding hydrogens is 330 g/mol. The Kier molecular flexibility index (Phi) is 4.03. The van der Waals surface area contributed by atoms with E-state index >= 15 is 0 Å². The third kappa shape index (κ3) is 2.77. The fourth-order valence-electron chi connectivity index (χ4n) is 3.70. The van der Waals surface area contributed by atoms with E-state index in [1.165, 1.54) is 10.8 Å². The number of aromatic nitrogens is 3. The first-order chi connectivity index (χ1) is 12.5. The summed E-state index contributed by atoms with van der Waals surface area (Å²) in [5, 5.41) is 0.370. The molecule has 2 aromatic heterocycles. The van der Waals surface area contributed by atoms with Crippen molar-refractivity contribution in [2.45, 2.75) is 32.7 Å². The molecule has 0 radical (unpaired) electrons. The van der Waals surface area contributed by atoms with Gasteiger partial charge in [0.25, 0.3) is 5.56 Å². The maximum atomic E-state index is 12.5. The van der Waals surface area contributed by atoms with Gasteiger partial charge in [-0.05, 0) is 29.9 Å². The second kappa shape index (κ2) is 6.37. The van der Waals surface area contributed by atoms with Crippen LogP contribution in [0.15, 0.2) is 46.1 Å². The lowest BCUT2D eigenvalue weighted by molar-refractivity contribution is 0.0953. The van der Waals surface area contributed by atoms with Crippen LogP contribution in [0.2, 0.25) is 0 Å². The summed E-state index contributed by atoms with van der Waals surface area (Å²) in [5.74, 6) is 0.180. The summed E-state index contributed by atoms with van der Waals surface area (Å²) in [6.07, 6.45) is 3.27. The number of rotatable bonds is 3. The van der Waals surface area contributed by atoms with Crippen LogP contribution in [0.25, 0.3) is 11.0 Å². The SMILES string of the molecule is C[C@H]1CC(=O)c2cnc3c(c2C1)c(=O)[nH]c(=O)n3CCc1ccccc1. The van der Waals surface area contributed by atoms with Crippen molar-refractivity contribution in [3.63, 3.8) is 0 Å². The first kappa shape index (κ1) is 16.4. The van der Waals surface area contributed by atoms with Crippen LogP contribution in [0.1, 0.15) is 34.8 Å². The maximum absolute atomic E-state index is 12.5. The van der Waals surface area contributed by atoms with Gasteiger partial charge in [0.15, 0.2) is 5.78 Å². The monoisotopic (exact) mass is 349 g/mol. The normalized spacial score (nSPS) is 16.7. The van der Waals surface area contributed by atoms with Gasteiger partial charge < -0.3 is 0 Å². The van der Waals surface area contributed by atoms with Crippen LogP contribution >= 0.6 is 0 Å². The van der Waals surface area contributed by atoms with Gasteiger partial charge >= 0.3 is 5.69 Å². The Hall–Kier alpha value is -3.02. The lowest BCUT2D eigenvalue weighted by Crippen LogP contribution is -2.33. The van der Waals surface area contributed by atoms with Crippen LogP contribution in [0.4, 0.5) is 0 Å². The van der Waals surface area contributed by atoms with E-state index in [0.717, 1.165) is 5.56 Å². The number of pyridine rings is 1. The number of nitrogens with zero attached hydrogens (tertiary/aromatic N) is 2. The topological polar surface area (TPSA) is 84.8 Å². The highest BCUT2D eigenvalue weighted by atomic mass is 16.2. The molecule has 3 aromatic rings. The van der Waals surface area contributed by atoms with Gasteiger partial charge in [0.1, 0.15) is 5.65 Å². The lowest BCUT2D eigenvalue weighted by atomic mass is 9.84. The van der Waals surface area contributed by atoms with Crippen molar-refractivity contribution in [3.05, 3.63) is 74.1 Å². The molecular formula is C20H19N3O3. The average Bonchev–Trinajstić information content (AvgIpc) is 2.61. The van der Waals surface area contributed by atoms with Gasteiger partial charge in [-0.2, -0.15) is 0 Å². The molecule has 1 N–H and O–H groups in total. The largest absolute Gasteiger partial charge is 0.330 e. The van der Waals surface area contributed by atoms with E-state index in [-0.39, 0.29) is 11.7 Å². The van der Waals surface area contributed by atoms with Gasteiger partial charge in [-0.3, -0.25) is 19.1 Å².